The first-order chi connectivity index (χ1) is 6.69. The number of rotatable bonds is 0. The molecule has 2 nitrogen and oxygen atoms in total. The zero-order valence-corrected chi connectivity index (χ0v) is 11.1. The van der Waals surface area contributed by atoms with Crippen LogP contribution in [0, 0.1) is 5.41 Å². The molecule has 88 valence electrons. The Morgan fingerprint density at radius 2 is 1.67 bits per heavy atom. The standard InChI is InChI=1S/C13H26N2/c1-12(2,3)11-10-7-9(14-11)8-15(10)13(4,5)6/h9-11,14H,7-8H2,1-6H3/t9-,10-,11?/m0/s1. The number of nitrogens with one attached hydrogen (secondary N) is 1. The maximum absolute atomic E-state index is 3.79. The lowest BCUT2D eigenvalue weighted by molar-refractivity contribution is 0.0494. The van der Waals surface area contributed by atoms with Gasteiger partial charge in [0.1, 0.15) is 0 Å². The van der Waals surface area contributed by atoms with Crippen LogP contribution < -0.4 is 5.32 Å². The number of nitrogens with zero attached hydrogens (tertiary/aromatic N) is 1. The van der Waals surface area contributed by atoms with Crippen LogP contribution in [0.4, 0.5) is 0 Å². The van der Waals surface area contributed by atoms with Crippen LogP contribution in [-0.2, 0) is 0 Å². The Morgan fingerprint density at radius 1 is 1.07 bits per heavy atom. The van der Waals surface area contributed by atoms with Gasteiger partial charge in [-0.2, -0.15) is 0 Å². The third-order valence-corrected chi connectivity index (χ3v) is 3.94. The van der Waals surface area contributed by atoms with Crippen LogP contribution >= 0.6 is 0 Å². The van der Waals surface area contributed by atoms with Gasteiger partial charge in [-0.15, -0.1) is 0 Å². The summed E-state index contributed by atoms with van der Waals surface area (Å²) >= 11 is 0. The Bertz CT molecular complexity index is 222. The second kappa shape index (κ2) is 3.21. The van der Waals surface area contributed by atoms with Crippen molar-refractivity contribution in [1.82, 2.24) is 10.2 Å². The summed E-state index contributed by atoms with van der Waals surface area (Å²) in [5.74, 6) is 0. The van der Waals surface area contributed by atoms with Crippen molar-refractivity contribution in [3.05, 3.63) is 0 Å². The van der Waals surface area contributed by atoms with Crippen molar-refractivity contribution in [3.63, 3.8) is 0 Å². The number of likely N-dealkylation sites (tertiary alicyclic amines) is 1. The lowest BCUT2D eigenvalue weighted by Crippen LogP contribution is -2.60. The van der Waals surface area contributed by atoms with Crippen molar-refractivity contribution in [2.75, 3.05) is 6.54 Å². The molecule has 2 heteroatoms. The Morgan fingerprint density at radius 3 is 2.07 bits per heavy atom. The fourth-order valence-electron chi connectivity index (χ4n) is 3.27. The molecule has 0 aromatic heterocycles. The van der Waals surface area contributed by atoms with Gasteiger partial charge < -0.3 is 5.32 Å². The zero-order chi connectivity index (χ0) is 11.4. The summed E-state index contributed by atoms with van der Waals surface area (Å²) in [6.07, 6.45) is 1.35. The molecule has 1 N–H and O–H groups in total. The third kappa shape index (κ3) is 1.94. The monoisotopic (exact) mass is 210 g/mol. The number of hydrogen-bond acceptors (Lipinski definition) is 2. The minimum absolute atomic E-state index is 0.324. The molecule has 0 aliphatic carbocycles. The van der Waals surface area contributed by atoms with Crippen LogP contribution in [0.2, 0.25) is 0 Å². The molecule has 15 heavy (non-hydrogen) atoms. The second-order valence-electron chi connectivity index (χ2n) is 7.33. The fraction of sp³-hybridized carbons (Fsp3) is 1.00. The molecule has 0 saturated carbocycles. The second-order valence-corrected chi connectivity index (χ2v) is 7.33. The van der Waals surface area contributed by atoms with Gasteiger partial charge in [0, 0.05) is 30.2 Å². The molecule has 2 rings (SSSR count). The summed E-state index contributed by atoms with van der Waals surface area (Å²) in [6, 6.07) is 2.14. The van der Waals surface area contributed by atoms with Gasteiger partial charge in [-0.25, -0.2) is 0 Å². The van der Waals surface area contributed by atoms with Crippen LogP contribution in [0.1, 0.15) is 48.0 Å². The van der Waals surface area contributed by atoms with E-state index in [0.29, 0.717) is 17.0 Å². The van der Waals surface area contributed by atoms with E-state index >= 15 is 0 Å². The molecule has 0 spiro atoms. The van der Waals surface area contributed by atoms with Gasteiger partial charge in [0.15, 0.2) is 0 Å². The summed E-state index contributed by atoms with van der Waals surface area (Å²) in [4.78, 5) is 2.70. The Hall–Kier alpha value is -0.0800. The van der Waals surface area contributed by atoms with E-state index in [-0.39, 0.29) is 0 Å². The van der Waals surface area contributed by atoms with Gasteiger partial charge in [0.2, 0.25) is 0 Å². The van der Waals surface area contributed by atoms with E-state index in [1.165, 1.54) is 13.0 Å². The molecule has 2 aliphatic rings. The number of hydrogen-bond donors (Lipinski definition) is 1. The lowest BCUT2D eigenvalue weighted by atomic mass is 9.82. The maximum atomic E-state index is 3.79. The Labute approximate surface area is 94.4 Å². The van der Waals surface area contributed by atoms with Crippen molar-refractivity contribution in [2.45, 2.75) is 71.6 Å². The van der Waals surface area contributed by atoms with Crippen molar-refractivity contribution in [2.24, 2.45) is 5.41 Å². The highest BCUT2D eigenvalue weighted by molar-refractivity contribution is 5.10. The Balaban J connectivity index is 2.17. The first-order valence-corrected chi connectivity index (χ1v) is 6.22. The van der Waals surface area contributed by atoms with Crippen LogP contribution in [0.5, 0.6) is 0 Å². The molecule has 0 aromatic rings. The normalized spacial score (nSPS) is 37.6. The fourth-order valence-corrected chi connectivity index (χ4v) is 3.27. The molecular weight excluding hydrogens is 184 g/mol. The summed E-state index contributed by atoms with van der Waals surface area (Å²) in [6.45, 7) is 15.3. The third-order valence-electron chi connectivity index (χ3n) is 3.94. The van der Waals surface area contributed by atoms with Crippen molar-refractivity contribution in [3.8, 4) is 0 Å². The van der Waals surface area contributed by atoms with E-state index < -0.39 is 0 Å². The first-order valence-electron chi connectivity index (χ1n) is 6.22. The molecule has 0 amide bonds. The van der Waals surface area contributed by atoms with Gasteiger partial charge in [0.25, 0.3) is 0 Å². The van der Waals surface area contributed by atoms with Crippen LogP contribution in [0.3, 0.4) is 0 Å². The minimum Gasteiger partial charge on any atom is -0.308 e. The smallest absolute Gasteiger partial charge is 0.0275 e. The number of fused-ring (bicyclic) bond motifs is 2. The minimum atomic E-state index is 0.324. The van der Waals surface area contributed by atoms with E-state index in [0.717, 1.165) is 12.1 Å². The van der Waals surface area contributed by atoms with Gasteiger partial charge >= 0.3 is 0 Å². The molecule has 1 unspecified atom stereocenters. The SMILES string of the molecule is CC(C)(C)C1N[C@H]2C[C@@H]1N(C(C)(C)C)C2. The highest BCUT2D eigenvalue weighted by atomic mass is 15.3. The van der Waals surface area contributed by atoms with Gasteiger partial charge in [-0.1, -0.05) is 20.8 Å². The molecule has 2 bridgehead atoms. The van der Waals surface area contributed by atoms with Crippen molar-refractivity contribution >= 4 is 0 Å². The van der Waals surface area contributed by atoms with E-state index in [9.17, 15) is 0 Å². The molecule has 0 radical (unpaired) electrons. The predicted octanol–water partition coefficient (Wildman–Crippen LogP) is 2.25. The molecule has 3 atom stereocenters. The van der Waals surface area contributed by atoms with Gasteiger partial charge in [-0.05, 0) is 32.6 Å². The van der Waals surface area contributed by atoms with E-state index in [4.69, 9.17) is 0 Å². The predicted molar refractivity (Wildman–Crippen MR) is 65.0 cm³/mol. The highest BCUT2D eigenvalue weighted by Gasteiger charge is 2.51. The highest BCUT2D eigenvalue weighted by Crippen LogP contribution is 2.39. The maximum Gasteiger partial charge on any atom is 0.0275 e. The van der Waals surface area contributed by atoms with Gasteiger partial charge in [0.05, 0.1) is 0 Å². The van der Waals surface area contributed by atoms with Crippen LogP contribution in [0.25, 0.3) is 0 Å². The first kappa shape index (κ1) is 11.4. The molecule has 0 aromatic carbocycles. The molecule has 2 aliphatic heterocycles. The Kier molecular flexibility index (Phi) is 2.44. The van der Waals surface area contributed by atoms with Crippen LogP contribution in [0.15, 0.2) is 0 Å². The van der Waals surface area contributed by atoms with Crippen LogP contribution in [-0.4, -0.2) is 35.1 Å². The van der Waals surface area contributed by atoms with Gasteiger partial charge in [-0.3, -0.25) is 4.90 Å². The van der Waals surface area contributed by atoms with Crippen molar-refractivity contribution in [1.29, 1.82) is 0 Å². The lowest BCUT2D eigenvalue weighted by Gasteiger charge is -2.46. The largest absolute Gasteiger partial charge is 0.308 e. The average Bonchev–Trinajstić information content (AvgIpc) is 2.57. The summed E-state index contributed by atoms with van der Waals surface area (Å²) in [5.41, 5.74) is 0.703. The topological polar surface area (TPSA) is 15.3 Å². The zero-order valence-electron chi connectivity index (χ0n) is 11.1. The number of piperazine rings is 1. The quantitative estimate of drug-likeness (QED) is 0.659. The molecular formula is C13H26N2. The molecule has 2 heterocycles. The molecule has 2 saturated heterocycles. The van der Waals surface area contributed by atoms with Crippen molar-refractivity contribution < 1.29 is 0 Å². The summed E-state index contributed by atoms with van der Waals surface area (Å²) < 4.78 is 0. The summed E-state index contributed by atoms with van der Waals surface area (Å²) in [5, 5.41) is 3.79. The van der Waals surface area contributed by atoms with E-state index in [2.05, 4.69) is 51.8 Å². The van der Waals surface area contributed by atoms with E-state index in [1.807, 2.05) is 0 Å². The summed E-state index contributed by atoms with van der Waals surface area (Å²) in [7, 11) is 0. The average molecular weight is 210 g/mol. The van der Waals surface area contributed by atoms with E-state index in [1.54, 1.807) is 0 Å². The molecule has 2 fully saturated rings.